The molecule has 0 bridgehead atoms. The Labute approximate surface area is 173 Å². The summed E-state index contributed by atoms with van der Waals surface area (Å²) in [5, 5.41) is 12.6. The van der Waals surface area contributed by atoms with Crippen LogP contribution in [0, 0.1) is 13.8 Å². The van der Waals surface area contributed by atoms with Gasteiger partial charge in [-0.3, -0.25) is 4.79 Å². The topological polar surface area (TPSA) is 106 Å². The van der Waals surface area contributed by atoms with Gasteiger partial charge in [0.05, 0.1) is 24.5 Å². The highest BCUT2D eigenvalue weighted by molar-refractivity contribution is 5.90. The molecule has 2 aromatic carbocycles. The second-order valence-corrected chi connectivity index (χ2v) is 7.16. The number of fused-ring (bicyclic) bond motifs is 1. The number of aryl methyl sites for hydroxylation is 2. The third-order valence-corrected chi connectivity index (χ3v) is 4.96. The Kier molecular flexibility index (Phi) is 6.20. The molecule has 1 aromatic heterocycles. The maximum atomic E-state index is 12.6. The zero-order valence-electron chi connectivity index (χ0n) is 17.0. The van der Waals surface area contributed by atoms with Gasteiger partial charge in [-0.1, -0.05) is 30.3 Å². The van der Waals surface area contributed by atoms with Crippen LogP contribution < -0.4 is 15.7 Å². The number of carbonyl (C=O) groups is 2. The molecule has 0 fully saturated rings. The van der Waals surface area contributed by atoms with Crippen molar-refractivity contribution >= 4 is 22.8 Å². The van der Waals surface area contributed by atoms with E-state index >= 15 is 0 Å². The van der Waals surface area contributed by atoms with Crippen LogP contribution in [-0.2, 0) is 22.4 Å². The van der Waals surface area contributed by atoms with Gasteiger partial charge in [-0.05, 0) is 42.7 Å². The Morgan fingerprint density at radius 2 is 1.87 bits per heavy atom. The molecule has 7 heteroatoms. The Morgan fingerprint density at radius 1 is 1.17 bits per heavy atom. The Morgan fingerprint density at radius 3 is 2.50 bits per heavy atom. The molecule has 3 rings (SSSR count). The number of aliphatic carboxylic acids is 1. The molecule has 0 spiro atoms. The molecule has 3 aromatic rings. The van der Waals surface area contributed by atoms with E-state index in [-0.39, 0.29) is 18.4 Å². The van der Waals surface area contributed by atoms with Crippen molar-refractivity contribution in [2.45, 2.75) is 32.7 Å². The van der Waals surface area contributed by atoms with Crippen molar-refractivity contribution in [3.8, 4) is 5.75 Å². The number of carboxylic acids is 1. The summed E-state index contributed by atoms with van der Waals surface area (Å²) in [5.41, 5.74) is 2.15. The van der Waals surface area contributed by atoms with Crippen LogP contribution in [0.15, 0.2) is 51.7 Å². The van der Waals surface area contributed by atoms with Crippen LogP contribution in [0.1, 0.15) is 22.3 Å². The molecule has 1 unspecified atom stereocenters. The Bertz CT molecular complexity index is 1150. The smallest absolute Gasteiger partial charge is 0.340 e. The molecule has 1 heterocycles. The fourth-order valence-electron chi connectivity index (χ4n) is 3.46. The highest BCUT2D eigenvalue weighted by atomic mass is 16.5. The number of nitrogens with one attached hydrogen (secondary N) is 1. The van der Waals surface area contributed by atoms with Gasteiger partial charge < -0.3 is 19.6 Å². The molecule has 1 atom stereocenters. The lowest BCUT2D eigenvalue weighted by atomic mass is 10.0. The number of ether oxygens (including phenoxy) is 1. The van der Waals surface area contributed by atoms with Gasteiger partial charge in [0.25, 0.3) is 0 Å². The minimum atomic E-state index is -1.15. The number of rotatable bonds is 7. The fourth-order valence-corrected chi connectivity index (χ4v) is 3.46. The van der Waals surface area contributed by atoms with Crippen LogP contribution in [-0.4, -0.2) is 30.1 Å². The third-order valence-electron chi connectivity index (χ3n) is 4.96. The first-order chi connectivity index (χ1) is 14.3. The lowest BCUT2D eigenvalue weighted by Crippen LogP contribution is -2.43. The van der Waals surface area contributed by atoms with E-state index < -0.39 is 23.5 Å². The highest BCUT2D eigenvalue weighted by Gasteiger charge is 2.23. The van der Waals surface area contributed by atoms with Crippen LogP contribution in [0.25, 0.3) is 11.0 Å². The number of carboxylic acid groups (broad SMARTS) is 1. The largest absolute Gasteiger partial charge is 0.496 e. The predicted octanol–water partition coefficient (Wildman–Crippen LogP) is 2.77. The molecule has 1 amide bonds. The molecule has 0 radical (unpaired) electrons. The third kappa shape index (κ3) is 4.51. The van der Waals surface area contributed by atoms with Gasteiger partial charge in [0.2, 0.25) is 5.91 Å². The molecule has 156 valence electrons. The van der Waals surface area contributed by atoms with Crippen LogP contribution >= 0.6 is 0 Å². The lowest BCUT2D eigenvalue weighted by Gasteiger charge is -2.16. The van der Waals surface area contributed by atoms with Crippen molar-refractivity contribution in [1.29, 1.82) is 0 Å². The van der Waals surface area contributed by atoms with Crippen molar-refractivity contribution in [3.05, 3.63) is 75.1 Å². The van der Waals surface area contributed by atoms with Crippen molar-refractivity contribution < 1.29 is 23.8 Å². The average molecular weight is 409 g/mol. The molecule has 2 N–H and O–H groups in total. The quantitative estimate of drug-likeness (QED) is 0.581. The molecule has 0 saturated carbocycles. The maximum absolute atomic E-state index is 12.6. The molecular weight excluding hydrogens is 386 g/mol. The van der Waals surface area contributed by atoms with Gasteiger partial charge >= 0.3 is 11.6 Å². The summed E-state index contributed by atoms with van der Waals surface area (Å²) in [7, 11) is 1.52. The van der Waals surface area contributed by atoms with Crippen LogP contribution in [0.3, 0.4) is 0 Å². The highest BCUT2D eigenvalue weighted by Crippen LogP contribution is 2.30. The molecule has 0 saturated heterocycles. The zero-order chi connectivity index (χ0) is 21.8. The number of hydrogen-bond acceptors (Lipinski definition) is 5. The van der Waals surface area contributed by atoms with Gasteiger partial charge in [-0.15, -0.1) is 0 Å². The summed E-state index contributed by atoms with van der Waals surface area (Å²) in [6, 6.07) is 11.5. The number of methoxy groups -OCH3 is 1. The Hall–Kier alpha value is -3.61. The van der Waals surface area contributed by atoms with Crippen LogP contribution in [0.5, 0.6) is 5.75 Å². The summed E-state index contributed by atoms with van der Waals surface area (Å²) < 4.78 is 10.8. The SMILES string of the molecule is COc1cc(C)cc2oc(=O)c(CC(=O)NC(Cc3ccccc3)C(=O)O)c(C)c12. The molecule has 30 heavy (non-hydrogen) atoms. The first-order valence-electron chi connectivity index (χ1n) is 9.47. The number of carbonyl (C=O) groups excluding carboxylic acids is 1. The van der Waals surface area contributed by atoms with Crippen molar-refractivity contribution in [1.82, 2.24) is 5.32 Å². The van der Waals surface area contributed by atoms with E-state index in [9.17, 15) is 19.5 Å². The Balaban J connectivity index is 1.87. The van der Waals surface area contributed by atoms with Gasteiger partial charge in [0, 0.05) is 6.42 Å². The average Bonchev–Trinajstić information content (AvgIpc) is 2.70. The van der Waals surface area contributed by atoms with Crippen LogP contribution in [0.2, 0.25) is 0 Å². The van der Waals surface area contributed by atoms with Crippen molar-refractivity contribution in [2.75, 3.05) is 7.11 Å². The maximum Gasteiger partial charge on any atom is 0.340 e. The monoisotopic (exact) mass is 409 g/mol. The van der Waals surface area contributed by atoms with Gasteiger partial charge in [-0.2, -0.15) is 0 Å². The number of benzene rings is 2. The standard InChI is InChI=1S/C23H23NO6/c1-13-9-18(29-3)21-14(2)16(23(28)30-19(21)10-13)12-20(25)24-17(22(26)27)11-15-7-5-4-6-8-15/h4-10,17H,11-12H2,1-3H3,(H,24,25)(H,26,27). The number of amides is 1. The van der Waals surface area contributed by atoms with Gasteiger partial charge in [-0.25, -0.2) is 9.59 Å². The zero-order valence-corrected chi connectivity index (χ0v) is 17.0. The first kappa shape index (κ1) is 21.1. The predicted molar refractivity (Wildman–Crippen MR) is 112 cm³/mol. The minimum absolute atomic E-state index is 0.139. The van der Waals surface area contributed by atoms with E-state index in [1.165, 1.54) is 7.11 Å². The lowest BCUT2D eigenvalue weighted by molar-refractivity contribution is -0.141. The summed E-state index contributed by atoms with van der Waals surface area (Å²) in [6.45, 7) is 3.58. The first-order valence-corrected chi connectivity index (χ1v) is 9.47. The fraction of sp³-hybridized carbons (Fsp3) is 0.261. The summed E-state index contributed by atoms with van der Waals surface area (Å²) in [4.78, 5) is 36.7. The summed E-state index contributed by atoms with van der Waals surface area (Å²) >= 11 is 0. The van der Waals surface area contributed by atoms with Crippen molar-refractivity contribution in [2.24, 2.45) is 0 Å². The van der Waals surface area contributed by atoms with Gasteiger partial charge in [0.1, 0.15) is 17.4 Å². The second kappa shape index (κ2) is 8.82. The van der Waals surface area contributed by atoms with E-state index in [1.54, 1.807) is 37.3 Å². The van der Waals surface area contributed by atoms with Gasteiger partial charge in [0.15, 0.2) is 0 Å². The normalized spacial score (nSPS) is 11.8. The van der Waals surface area contributed by atoms with E-state index in [0.717, 1.165) is 11.1 Å². The van der Waals surface area contributed by atoms with Crippen LogP contribution in [0.4, 0.5) is 0 Å². The second-order valence-electron chi connectivity index (χ2n) is 7.16. The van der Waals surface area contributed by atoms with Crippen molar-refractivity contribution in [3.63, 3.8) is 0 Å². The molecule has 0 aliphatic heterocycles. The summed E-state index contributed by atoms with van der Waals surface area (Å²) in [5.74, 6) is -1.17. The minimum Gasteiger partial charge on any atom is -0.496 e. The summed E-state index contributed by atoms with van der Waals surface area (Å²) in [6.07, 6.45) is -0.153. The molecule has 0 aliphatic carbocycles. The van der Waals surface area contributed by atoms with E-state index in [4.69, 9.17) is 9.15 Å². The molecule has 7 nitrogen and oxygen atoms in total. The van der Waals surface area contributed by atoms with E-state index in [2.05, 4.69) is 5.32 Å². The number of hydrogen-bond donors (Lipinski definition) is 2. The molecule has 0 aliphatic rings. The molecular formula is C23H23NO6. The van der Waals surface area contributed by atoms with E-state index in [0.29, 0.717) is 22.3 Å². The van der Waals surface area contributed by atoms with E-state index in [1.807, 2.05) is 19.1 Å².